The third-order valence-electron chi connectivity index (χ3n) is 11.1. The number of likely N-dealkylation sites (tertiary alicyclic amines) is 2. The first-order valence-corrected chi connectivity index (χ1v) is 19.5. The Morgan fingerprint density at radius 3 is 2.16 bits per heavy atom. The molecule has 2 fully saturated rings. The number of aromatic amines is 2. The number of carbonyl (C=O) groups excluding carboxylic acids is 3. The normalized spacial score (nSPS) is 18.0. The van der Waals surface area contributed by atoms with Crippen LogP contribution in [0.25, 0.3) is 44.8 Å². The number of hydrogen-bond acceptors (Lipinski definition) is 8. The van der Waals surface area contributed by atoms with Gasteiger partial charge >= 0.3 is 12.2 Å². The van der Waals surface area contributed by atoms with Crippen molar-refractivity contribution in [3.63, 3.8) is 0 Å². The van der Waals surface area contributed by atoms with Gasteiger partial charge in [-0.05, 0) is 80.3 Å². The van der Waals surface area contributed by atoms with Gasteiger partial charge in [0.1, 0.15) is 35.1 Å². The molecule has 4 amide bonds. The molecule has 0 radical (unpaired) electrons. The molecule has 15 nitrogen and oxygen atoms in total. The summed E-state index contributed by atoms with van der Waals surface area (Å²) >= 11 is 0. The van der Waals surface area contributed by atoms with Gasteiger partial charge in [-0.25, -0.2) is 19.6 Å². The second-order valence-electron chi connectivity index (χ2n) is 15.7. The Morgan fingerprint density at radius 2 is 1.53 bits per heavy atom. The van der Waals surface area contributed by atoms with Crippen LogP contribution in [0.3, 0.4) is 0 Å². The van der Waals surface area contributed by atoms with E-state index in [4.69, 9.17) is 14.1 Å². The Balaban J connectivity index is 1.06. The van der Waals surface area contributed by atoms with Gasteiger partial charge in [0.2, 0.25) is 11.8 Å². The highest BCUT2D eigenvalue weighted by molar-refractivity contribution is 5.89. The third kappa shape index (κ3) is 7.96. The lowest BCUT2D eigenvalue weighted by Crippen LogP contribution is -2.51. The van der Waals surface area contributed by atoms with Crippen molar-refractivity contribution in [3.05, 3.63) is 72.1 Å². The molecule has 2 aliphatic rings. The number of hydrogen-bond donors (Lipinski definition) is 5. The van der Waals surface area contributed by atoms with E-state index in [1.54, 1.807) is 16.0 Å². The maximum absolute atomic E-state index is 13.6. The van der Waals surface area contributed by atoms with Gasteiger partial charge in [-0.2, -0.15) is 0 Å². The topological polar surface area (TPSA) is 199 Å². The highest BCUT2D eigenvalue weighted by Gasteiger charge is 2.39. The summed E-state index contributed by atoms with van der Waals surface area (Å²) in [6.45, 7) is 10.6. The van der Waals surface area contributed by atoms with Crippen LogP contribution < -0.4 is 10.6 Å². The first kappa shape index (κ1) is 39.1. The van der Waals surface area contributed by atoms with Crippen molar-refractivity contribution in [2.24, 2.45) is 11.8 Å². The lowest BCUT2D eigenvalue weighted by atomic mass is 10.0. The van der Waals surface area contributed by atoms with E-state index in [1.165, 1.54) is 7.11 Å². The molecule has 3 aromatic heterocycles. The maximum atomic E-state index is 13.6. The van der Waals surface area contributed by atoms with Crippen LogP contribution in [0.1, 0.15) is 82.7 Å². The molecule has 0 aliphatic carbocycles. The molecule has 0 unspecified atom stereocenters. The molecule has 0 spiro atoms. The number of carboxylic acid groups (broad SMARTS) is 1. The van der Waals surface area contributed by atoms with Crippen LogP contribution in [0, 0.1) is 18.8 Å². The van der Waals surface area contributed by atoms with E-state index in [-0.39, 0.29) is 35.7 Å². The SMILES string of the molecule is COC(=O)N[C@H](C(=O)N1CCC[C@H]1c1nc(-c2ccc(-c3cc4cc(-c5cnc([C@@H]6CCCN6C(=O)[C@@H](NC(=O)O)C(C)C)[nH]5)ccc4o3)c(C)c2)c[nH]1)C(C)C. The van der Waals surface area contributed by atoms with Crippen molar-refractivity contribution in [1.29, 1.82) is 0 Å². The minimum Gasteiger partial charge on any atom is -0.465 e. The number of ether oxygens (including phenoxy) is 1. The number of nitrogens with one attached hydrogen (secondary N) is 4. The number of rotatable bonds is 11. The van der Waals surface area contributed by atoms with Crippen LogP contribution in [0.5, 0.6) is 0 Å². The van der Waals surface area contributed by atoms with E-state index >= 15 is 0 Å². The van der Waals surface area contributed by atoms with Crippen molar-refractivity contribution < 1.29 is 33.4 Å². The molecule has 5 aromatic rings. The molecule has 0 bridgehead atoms. The van der Waals surface area contributed by atoms with Gasteiger partial charge in [-0.15, -0.1) is 0 Å². The van der Waals surface area contributed by atoms with Crippen molar-refractivity contribution in [2.45, 2.75) is 84.5 Å². The summed E-state index contributed by atoms with van der Waals surface area (Å²) in [7, 11) is 1.28. The van der Waals surface area contributed by atoms with Crippen molar-refractivity contribution in [3.8, 4) is 33.8 Å². The van der Waals surface area contributed by atoms with Gasteiger partial charge in [0.15, 0.2) is 0 Å². The fourth-order valence-electron chi connectivity index (χ4n) is 8.08. The van der Waals surface area contributed by atoms with E-state index in [1.807, 2.05) is 77.2 Å². The minimum absolute atomic E-state index is 0.117. The van der Waals surface area contributed by atoms with Gasteiger partial charge in [0.25, 0.3) is 0 Å². The summed E-state index contributed by atoms with van der Waals surface area (Å²) in [4.78, 5) is 70.2. The first-order valence-electron chi connectivity index (χ1n) is 19.5. The summed E-state index contributed by atoms with van der Waals surface area (Å²) in [5.74, 6) is 1.40. The standard InChI is InChI=1S/C42H50N8O7/c1-22(2)35(47-41(53)54)39(51)49-15-7-9-31(49)38-44-21-30(46-38)26-12-14-33-27(18-26)19-34(57-33)28-13-11-25(17-24(28)5)29-20-43-37(45-29)32-10-8-16-50(32)40(52)36(23(3)4)48-42(55)56-6/h11-14,17-23,31-32,35-36,47H,7-10,15-16H2,1-6H3,(H,43,45)(H,44,46)(H,48,55)(H,53,54)/t31-,32-,35-,36-/m0/s1. The molecule has 4 atom stereocenters. The third-order valence-corrected chi connectivity index (χ3v) is 11.1. The van der Waals surface area contributed by atoms with Gasteiger partial charge in [0.05, 0.1) is 36.8 Å². The van der Waals surface area contributed by atoms with Crippen molar-refractivity contribution >= 4 is 35.0 Å². The predicted molar refractivity (Wildman–Crippen MR) is 213 cm³/mol. The van der Waals surface area contributed by atoms with E-state index in [9.17, 15) is 24.3 Å². The summed E-state index contributed by atoms with van der Waals surface area (Å²) in [6, 6.07) is 12.1. The quantitative estimate of drug-likeness (QED) is 0.0921. The lowest BCUT2D eigenvalue weighted by Gasteiger charge is -2.29. The zero-order valence-electron chi connectivity index (χ0n) is 33.1. The lowest BCUT2D eigenvalue weighted by molar-refractivity contribution is -0.136. The van der Waals surface area contributed by atoms with Gasteiger partial charge in [-0.3, -0.25) is 9.59 Å². The Bertz CT molecular complexity index is 2290. The van der Waals surface area contributed by atoms with Gasteiger partial charge < -0.3 is 44.7 Å². The minimum atomic E-state index is -1.22. The smallest absolute Gasteiger partial charge is 0.407 e. The Morgan fingerprint density at radius 1 is 0.877 bits per heavy atom. The van der Waals surface area contributed by atoms with E-state index < -0.39 is 24.3 Å². The number of alkyl carbamates (subject to hydrolysis) is 1. The van der Waals surface area contributed by atoms with E-state index in [2.05, 4.69) is 31.7 Å². The number of carbonyl (C=O) groups is 4. The summed E-state index contributed by atoms with van der Waals surface area (Å²) in [6.07, 6.45) is 4.91. The highest BCUT2D eigenvalue weighted by atomic mass is 16.5. The zero-order chi connectivity index (χ0) is 40.5. The highest BCUT2D eigenvalue weighted by Crippen LogP contribution is 2.37. The Labute approximate surface area is 330 Å². The van der Waals surface area contributed by atoms with Crippen LogP contribution >= 0.6 is 0 Å². The fourth-order valence-corrected chi connectivity index (χ4v) is 8.08. The first-order chi connectivity index (χ1) is 27.3. The van der Waals surface area contributed by atoms with Crippen molar-refractivity contribution in [1.82, 2.24) is 40.4 Å². The molecule has 2 saturated heterocycles. The molecule has 5 N–H and O–H groups in total. The molecule has 300 valence electrons. The number of aromatic nitrogens is 4. The second-order valence-corrected chi connectivity index (χ2v) is 15.7. The summed E-state index contributed by atoms with van der Waals surface area (Å²) in [5, 5.41) is 15.3. The molecule has 15 heteroatoms. The fraction of sp³-hybridized carbons (Fsp3) is 0.429. The predicted octanol–water partition coefficient (Wildman–Crippen LogP) is 7.19. The van der Waals surface area contributed by atoms with Crippen LogP contribution in [0.4, 0.5) is 9.59 Å². The molecular formula is C42H50N8O7. The van der Waals surface area contributed by atoms with Crippen LogP contribution in [-0.4, -0.2) is 91.1 Å². The molecule has 7 rings (SSSR count). The molecule has 2 aromatic carbocycles. The van der Waals surface area contributed by atoms with Crippen molar-refractivity contribution in [2.75, 3.05) is 20.2 Å². The Kier molecular flexibility index (Phi) is 11.1. The average molecular weight is 779 g/mol. The Hall–Kier alpha value is -6.12. The van der Waals surface area contributed by atoms with E-state index in [0.717, 1.165) is 76.1 Å². The maximum Gasteiger partial charge on any atom is 0.407 e. The molecule has 2 aliphatic heterocycles. The number of benzene rings is 2. The van der Waals surface area contributed by atoms with Gasteiger partial charge in [0, 0.05) is 41.4 Å². The van der Waals surface area contributed by atoms with Gasteiger partial charge in [-0.1, -0.05) is 39.8 Å². The number of amides is 4. The molecule has 5 heterocycles. The second kappa shape index (κ2) is 16.2. The van der Waals surface area contributed by atoms with E-state index in [0.29, 0.717) is 24.7 Å². The molecule has 57 heavy (non-hydrogen) atoms. The number of fused-ring (bicyclic) bond motifs is 1. The zero-order valence-corrected chi connectivity index (χ0v) is 33.1. The number of nitrogens with zero attached hydrogens (tertiary/aromatic N) is 4. The van der Waals surface area contributed by atoms with Crippen LogP contribution in [0.15, 0.2) is 59.3 Å². The number of H-pyrrole nitrogens is 2. The number of aryl methyl sites for hydroxylation is 1. The largest absolute Gasteiger partial charge is 0.465 e. The molecular weight excluding hydrogens is 729 g/mol. The molecule has 0 saturated carbocycles. The number of furan rings is 1. The average Bonchev–Trinajstić information content (AvgIpc) is 4.03. The summed E-state index contributed by atoms with van der Waals surface area (Å²) in [5.41, 5.74) is 6.11. The van der Waals surface area contributed by atoms with Crippen LogP contribution in [-0.2, 0) is 14.3 Å². The van der Waals surface area contributed by atoms with Crippen LogP contribution in [0.2, 0.25) is 0 Å². The monoisotopic (exact) mass is 778 g/mol. The number of methoxy groups -OCH3 is 1. The number of imidazole rings is 2. The summed E-state index contributed by atoms with van der Waals surface area (Å²) < 4.78 is 11.1.